The molecule has 6 heteroatoms. The Balaban J connectivity index is 1.62. The third kappa shape index (κ3) is 4.08. The summed E-state index contributed by atoms with van der Waals surface area (Å²) in [5, 5.41) is 6.16. The van der Waals surface area contributed by atoms with Gasteiger partial charge in [0, 0.05) is 37.9 Å². The number of carbonyl (C=O) groups is 1. The van der Waals surface area contributed by atoms with Crippen LogP contribution in [0.2, 0.25) is 0 Å². The fourth-order valence-corrected chi connectivity index (χ4v) is 1.78. The van der Waals surface area contributed by atoms with Crippen LogP contribution in [0.15, 0.2) is 43.2 Å². The van der Waals surface area contributed by atoms with Crippen molar-refractivity contribution in [2.75, 3.05) is 18.4 Å². The van der Waals surface area contributed by atoms with Gasteiger partial charge in [0.25, 0.3) is 0 Å². The number of rotatable bonds is 7. The van der Waals surface area contributed by atoms with Crippen molar-refractivity contribution in [1.29, 1.82) is 0 Å². The van der Waals surface area contributed by atoms with E-state index in [9.17, 15) is 4.79 Å². The topological polar surface area (TPSA) is 71.8 Å². The van der Waals surface area contributed by atoms with Gasteiger partial charge in [-0.25, -0.2) is 4.98 Å². The number of carbonyl (C=O) groups excluding carboxylic acids is 1. The second-order valence-corrected chi connectivity index (χ2v) is 4.50. The van der Waals surface area contributed by atoms with E-state index in [4.69, 9.17) is 0 Å². The van der Waals surface area contributed by atoms with E-state index in [1.165, 1.54) is 0 Å². The predicted molar refractivity (Wildman–Crippen MR) is 77.3 cm³/mol. The van der Waals surface area contributed by atoms with Gasteiger partial charge in [-0.15, -0.1) is 0 Å². The molecule has 1 atom stereocenters. The van der Waals surface area contributed by atoms with Crippen LogP contribution in [0.3, 0.4) is 0 Å². The van der Waals surface area contributed by atoms with Crippen LogP contribution in [0.4, 0.5) is 5.69 Å². The largest absolute Gasteiger partial charge is 0.384 e. The fourth-order valence-electron chi connectivity index (χ4n) is 1.78. The molecule has 0 aliphatic heterocycles. The Hall–Kier alpha value is -2.37. The van der Waals surface area contributed by atoms with Crippen molar-refractivity contribution < 1.29 is 4.79 Å². The molecular formula is C14H19N5O. The summed E-state index contributed by atoms with van der Waals surface area (Å²) in [5.74, 6) is 0.00405. The van der Waals surface area contributed by atoms with E-state index >= 15 is 0 Å². The van der Waals surface area contributed by atoms with E-state index in [0.717, 1.165) is 18.7 Å². The maximum atomic E-state index is 11.9. The normalized spacial score (nSPS) is 11.8. The lowest BCUT2D eigenvalue weighted by molar-refractivity contribution is -0.123. The van der Waals surface area contributed by atoms with Gasteiger partial charge in [-0.3, -0.25) is 9.78 Å². The smallest absolute Gasteiger partial charge is 0.242 e. The standard InChI is InChI=1S/C14H19N5O/c1-12(19-9-8-16-11-19)14(20)18-7-3-6-17-13-4-2-5-15-10-13/h2,4-5,8-12,17H,3,6-7H2,1H3,(H,18,20). The Morgan fingerprint density at radius 1 is 1.35 bits per heavy atom. The number of aromatic nitrogens is 3. The minimum atomic E-state index is -0.233. The van der Waals surface area contributed by atoms with Crippen molar-refractivity contribution in [2.45, 2.75) is 19.4 Å². The summed E-state index contributed by atoms with van der Waals surface area (Å²) in [6.45, 7) is 3.29. The van der Waals surface area contributed by atoms with Gasteiger partial charge in [-0.2, -0.15) is 0 Å². The molecule has 2 heterocycles. The maximum absolute atomic E-state index is 11.9. The molecule has 0 saturated heterocycles. The summed E-state index contributed by atoms with van der Waals surface area (Å²) in [6.07, 6.45) is 9.48. The molecule has 106 valence electrons. The number of amides is 1. The van der Waals surface area contributed by atoms with Crippen molar-refractivity contribution in [2.24, 2.45) is 0 Å². The lowest BCUT2D eigenvalue weighted by Crippen LogP contribution is -2.32. The van der Waals surface area contributed by atoms with E-state index in [2.05, 4.69) is 20.6 Å². The van der Waals surface area contributed by atoms with Gasteiger partial charge in [0.2, 0.25) is 5.91 Å². The minimum Gasteiger partial charge on any atom is -0.384 e. The maximum Gasteiger partial charge on any atom is 0.242 e. The van der Waals surface area contributed by atoms with E-state index in [1.807, 2.05) is 19.1 Å². The molecule has 0 aliphatic rings. The van der Waals surface area contributed by atoms with Gasteiger partial charge in [0.05, 0.1) is 12.0 Å². The van der Waals surface area contributed by atoms with Crippen LogP contribution in [0.1, 0.15) is 19.4 Å². The Labute approximate surface area is 118 Å². The van der Waals surface area contributed by atoms with Gasteiger partial charge >= 0.3 is 0 Å². The molecule has 2 rings (SSSR count). The average molecular weight is 273 g/mol. The van der Waals surface area contributed by atoms with Crippen LogP contribution in [0.5, 0.6) is 0 Å². The van der Waals surface area contributed by atoms with Crippen molar-refractivity contribution in [1.82, 2.24) is 19.9 Å². The number of hydrogen-bond acceptors (Lipinski definition) is 4. The zero-order chi connectivity index (χ0) is 14.2. The fraction of sp³-hybridized carbons (Fsp3) is 0.357. The summed E-state index contributed by atoms with van der Waals surface area (Å²) in [4.78, 5) is 19.8. The SMILES string of the molecule is CC(C(=O)NCCCNc1cccnc1)n1ccnc1. The molecule has 1 unspecified atom stereocenters. The monoisotopic (exact) mass is 273 g/mol. The van der Waals surface area contributed by atoms with Gasteiger partial charge in [0.1, 0.15) is 6.04 Å². The molecule has 0 radical (unpaired) electrons. The Kier molecular flexibility index (Phi) is 5.11. The zero-order valence-corrected chi connectivity index (χ0v) is 11.5. The Morgan fingerprint density at radius 2 is 2.25 bits per heavy atom. The molecule has 0 bridgehead atoms. The van der Waals surface area contributed by atoms with Crippen molar-refractivity contribution in [3.63, 3.8) is 0 Å². The van der Waals surface area contributed by atoms with Crippen LogP contribution in [0.25, 0.3) is 0 Å². The summed E-state index contributed by atoms with van der Waals surface area (Å²) >= 11 is 0. The van der Waals surface area contributed by atoms with Crippen LogP contribution in [0, 0.1) is 0 Å². The van der Waals surface area contributed by atoms with Gasteiger partial charge < -0.3 is 15.2 Å². The van der Waals surface area contributed by atoms with E-state index in [-0.39, 0.29) is 11.9 Å². The molecule has 2 aromatic heterocycles. The highest BCUT2D eigenvalue weighted by molar-refractivity contribution is 5.79. The van der Waals surface area contributed by atoms with Crippen molar-refractivity contribution in [3.8, 4) is 0 Å². The second-order valence-electron chi connectivity index (χ2n) is 4.50. The third-order valence-electron chi connectivity index (χ3n) is 2.99. The van der Waals surface area contributed by atoms with Crippen LogP contribution < -0.4 is 10.6 Å². The number of hydrogen-bond donors (Lipinski definition) is 2. The summed E-state index contributed by atoms with van der Waals surface area (Å²) in [5.41, 5.74) is 0.991. The lowest BCUT2D eigenvalue weighted by atomic mass is 10.3. The number of pyridine rings is 1. The number of nitrogens with zero attached hydrogens (tertiary/aromatic N) is 3. The molecule has 0 aromatic carbocycles. The first kappa shape index (κ1) is 14.0. The zero-order valence-electron chi connectivity index (χ0n) is 11.5. The van der Waals surface area contributed by atoms with Gasteiger partial charge in [-0.05, 0) is 25.5 Å². The first-order valence-electron chi connectivity index (χ1n) is 6.66. The molecule has 0 aliphatic carbocycles. The number of imidazole rings is 1. The molecule has 0 spiro atoms. The molecule has 0 saturated carbocycles. The van der Waals surface area contributed by atoms with E-state index < -0.39 is 0 Å². The summed E-state index contributed by atoms with van der Waals surface area (Å²) in [6, 6.07) is 3.62. The third-order valence-corrected chi connectivity index (χ3v) is 2.99. The quantitative estimate of drug-likeness (QED) is 0.749. The highest BCUT2D eigenvalue weighted by Crippen LogP contribution is 2.04. The lowest BCUT2D eigenvalue weighted by Gasteiger charge is -2.13. The Bertz CT molecular complexity index is 512. The highest BCUT2D eigenvalue weighted by atomic mass is 16.2. The van der Waals surface area contributed by atoms with Crippen molar-refractivity contribution in [3.05, 3.63) is 43.2 Å². The molecule has 1 amide bonds. The van der Waals surface area contributed by atoms with E-state index in [0.29, 0.717) is 6.54 Å². The predicted octanol–water partition coefficient (Wildman–Crippen LogP) is 1.46. The molecule has 6 nitrogen and oxygen atoms in total. The molecule has 2 N–H and O–H groups in total. The molecular weight excluding hydrogens is 254 g/mol. The van der Waals surface area contributed by atoms with Gasteiger partial charge in [0.15, 0.2) is 0 Å². The van der Waals surface area contributed by atoms with Gasteiger partial charge in [-0.1, -0.05) is 0 Å². The first-order valence-corrected chi connectivity index (χ1v) is 6.66. The Morgan fingerprint density at radius 3 is 2.95 bits per heavy atom. The summed E-state index contributed by atoms with van der Waals surface area (Å²) < 4.78 is 1.78. The molecule has 20 heavy (non-hydrogen) atoms. The molecule has 0 fully saturated rings. The highest BCUT2D eigenvalue weighted by Gasteiger charge is 2.12. The summed E-state index contributed by atoms with van der Waals surface area (Å²) in [7, 11) is 0. The minimum absolute atomic E-state index is 0.00405. The number of nitrogens with one attached hydrogen (secondary N) is 2. The first-order chi connectivity index (χ1) is 9.77. The van der Waals surface area contributed by atoms with Crippen LogP contribution in [-0.2, 0) is 4.79 Å². The van der Waals surface area contributed by atoms with Crippen LogP contribution >= 0.6 is 0 Å². The second kappa shape index (κ2) is 7.28. The van der Waals surface area contributed by atoms with E-state index in [1.54, 1.807) is 35.7 Å². The van der Waals surface area contributed by atoms with Crippen molar-refractivity contribution >= 4 is 11.6 Å². The van der Waals surface area contributed by atoms with Crippen LogP contribution in [-0.4, -0.2) is 33.5 Å². The average Bonchev–Trinajstić information content (AvgIpc) is 3.01. The number of anilines is 1. The molecule has 2 aromatic rings.